The summed E-state index contributed by atoms with van der Waals surface area (Å²) < 4.78 is 5.30. The molecule has 2 aliphatic rings. The van der Waals surface area contributed by atoms with E-state index >= 15 is 0 Å². The van der Waals surface area contributed by atoms with E-state index < -0.39 is 0 Å². The third kappa shape index (κ3) is 3.54. The molecular formula is C20H27NO3. The topological polar surface area (TPSA) is 46.6 Å². The zero-order valence-electron chi connectivity index (χ0n) is 14.5. The standard InChI is InChI=1S/C20H27NO3/c1-24-15-20(10-6-11-20)19(23)21-12-5-9-17(14-21)18(22)13-16-7-3-2-4-8-16/h2-4,7-8,17H,5-6,9-15H2,1H3/t17-/m1/s1. The molecule has 4 nitrogen and oxygen atoms in total. The normalized spacial score (nSPS) is 22.7. The van der Waals surface area contributed by atoms with Gasteiger partial charge in [-0.3, -0.25) is 9.59 Å². The molecule has 0 aromatic heterocycles. The Labute approximate surface area is 144 Å². The number of Topliss-reactive ketones (excluding diaryl/α,β-unsaturated/α-hetero) is 1. The summed E-state index contributed by atoms with van der Waals surface area (Å²) in [5.74, 6) is 0.434. The van der Waals surface area contributed by atoms with Gasteiger partial charge in [0.05, 0.1) is 12.0 Å². The van der Waals surface area contributed by atoms with Crippen molar-refractivity contribution in [2.75, 3.05) is 26.8 Å². The van der Waals surface area contributed by atoms with Crippen LogP contribution in [0.5, 0.6) is 0 Å². The number of hydrogen-bond acceptors (Lipinski definition) is 3. The van der Waals surface area contributed by atoms with Crippen LogP contribution in [0.4, 0.5) is 0 Å². The first-order chi connectivity index (χ1) is 11.6. The molecule has 1 atom stereocenters. The largest absolute Gasteiger partial charge is 0.384 e. The van der Waals surface area contributed by atoms with Crippen LogP contribution < -0.4 is 0 Å². The van der Waals surface area contributed by atoms with Crippen molar-refractivity contribution in [1.82, 2.24) is 4.90 Å². The fourth-order valence-corrected chi connectivity index (χ4v) is 4.00. The highest BCUT2D eigenvalue weighted by molar-refractivity contribution is 5.87. The Hall–Kier alpha value is -1.68. The summed E-state index contributed by atoms with van der Waals surface area (Å²) >= 11 is 0. The lowest BCUT2D eigenvalue weighted by Gasteiger charge is -2.45. The fraction of sp³-hybridized carbons (Fsp3) is 0.600. The lowest BCUT2D eigenvalue weighted by Crippen LogP contribution is -2.53. The van der Waals surface area contributed by atoms with Gasteiger partial charge in [0.15, 0.2) is 0 Å². The van der Waals surface area contributed by atoms with Crippen molar-refractivity contribution < 1.29 is 14.3 Å². The zero-order chi connectivity index (χ0) is 17.0. The number of carbonyl (C=O) groups is 2. The first-order valence-corrected chi connectivity index (χ1v) is 8.99. The SMILES string of the molecule is COCC1(C(=O)N2CCC[C@@H](C(=O)Cc3ccccc3)C2)CCC1. The number of ether oxygens (including phenoxy) is 1. The molecule has 1 aromatic rings. The number of ketones is 1. The van der Waals surface area contributed by atoms with Crippen molar-refractivity contribution in [3.8, 4) is 0 Å². The number of piperidine rings is 1. The highest BCUT2D eigenvalue weighted by Crippen LogP contribution is 2.43. The van der Waals surface area contributed by atoms with Crippen LogP contribution in [0.2, 0.25) is 0 Å². The number of hydrogen-bond donors (Lipinski definition) is 0. The van der Waals surface area contributed by atoms with E-state index in [-0.39, 0.29) is 23.0 Å². The fourth-order valence-electron chi connectivity index (χ4n) is 4.00. The number of amides is 1. The van der Waals surface area contributed by atoms with Gasteiger partial charge in [-0.25, -0.2) is 0 Å². The van der Waals surface area contributed by atoms with Crippen LogP contribution in [0.25, 0.3) is 0 Å². The van der Waals surface area contributed by atoms with Gasteiger partial charge in [-0.05, 0) is 31.2 Å². The Morgan fingerprint density at radius 2 is 1.96 bits per heavy atom. The molecule has 2 fully saturated rings. The molecule has 3 rings (SSSR count). The Kier molecular flexibility index (Phi) is 5.34. The first-order valence-electron chi connectivity index (χ1n) is 8.99. The third-order valence-corrected chi connectivity index (χ3v) is 5.57. The molecule has 0 N–H and O–H groups in total. The van der Waals surface area contributed by atoms with Gasteiger partial charge in [0.1, 0.15) is 5.78 Å². The van der Waals surface area contributed by atoms with E-state index in [0.29, 0.717) is 19.6 Å². The average Bonchev–Trinajstić information content (AvgIpc) is 2.58. The van der Waals surface area contributed by atoms with Gasteiger partial charge in [-0.1, -0.05) is 36.8 Å². The number of rotatable bonds is 6. The van der Waals surface area contributed by atoms with Crippen LogP contribution in [0.3, 0.4) is 0 Å². The van der Waals surface area contributed by atoms with Gasteiger partial charge in [-0.15, -0.1) is 0 Å². The van der Waals surface area contributed by atoms with Gasteiger partial charge < -0.3 is 9.64 Å². The first kappa shape index (κ1) is 17.2. The van der Waals surface area contributed by atoms with Crippen LogP contribution in [-0.2, 0) is 20.7 Å². The second-order valence-electron chi connectivity index (χ2n) is 7.29. The third-order valence-electron chi connectivity index (χ3n) is 5.57. The van der Waals surface area contributed by atoms with E-state index in [1.165, 1.54) is 0 Å². The van der Waals surface area contributed by atoms with Gasteiger partial charge in [0.2, 0.25) is 5.91 Å². The molecule has 1 amide bonds. The summed E-state index contributed by atoms with van der Waals surface area (Å²) in [4.78, 5) is 27.5. The molecule has 0 bridgehead atoms. The van der Waals surface area contributed by atoms with Crippen molar-refractivity contribution >= 4 is 11.7 Å². The molecule has 1 aliphatic heterocycles. The quantitative estimate of drug-likeness (QED) is 0.806. The van der Waals surface area contributed by atoms with Crippen LogP contribution >= 0.6 is 0 Å². The predicted octanol–water partition coefficient (Wildman–Crippen LogP) is 2.85. The molecule has 24 heavy (non-hydrogen) atoms. The molecule has 1 aromatic carbocycles. The molecule has 0 radical (unpaired) electrons. The van der Waals surface area contributed by atoms with Gasteiger partial charge >= 0.3 is 0 Å². The lowest BCUT2D eigenvalue weighted by atomic mass is 9.68. The monoisotopic (exact) mass is 329 g/mol. The smallest absolute Gasteiger partial charge is 0.231 e. The van der Waals surface area contributed by atoms with E-state index in [1.807, 2.05) is 35.2 Å². The van der Waals surface area contributed by atoms with Crippen LogP contribution in [0, 0.1) is 11.3 Å². The van der Waals surface area contributed by atoms with Crippen LogP contribution in [0.1, 0.15) is 37.7 Å². The number of carbonyl (C=O) groups excluding carboxylic acids is 2. The summed E-state index contributed by atoms with van der Waals surface area (Å²) in [6.07, 6.45) is 5.21. The summed E-state index contributed by atoms with van der Waals surface area (Å²) in [6, 6.07) is 9.87. The molecule has 1 saturated carbocycles. The average molecular weight is 329 g/mol. The maximum absolute atomic E-state index is 13.0. The Morgan fingerprint density at radius 1 is 1.21 bits per heavy atom. The van der Waals surface area contributed by atoms with Crippen molar-refractivity contribution in [3.63, 3.8) is 0 Å². The molecule has 130 valence electrons. The zero-order valence-corrected chi connectivity index (χ0v) is 14.5. The predicted molar refractivity (Wildman–Crippen MR) is 92.6 cm³/mol. The maximum Gasteiger partial charge on any atom is 0.231 e. The minimum absolute atomic E-state index is 0.0254. The van der Waals surface area contributed by atoms with Crippen molar-refractivity contribution in [2.45, 2.75) is 38.5 Å². The Bertz CT molecular complexity index is 580. The highest BCUT2D eigenvalue weighted by atomic mass is 16.5. The van der Waals surface area contributed by atoms with E-state index in [1.54, 1.807) is 7.11 Å². The molecule has 1 aliphatic carbocycles. The summed E-state index contributed by atoms with van der Waals surface area (Å²) in [6.45, 7) is 1.86. The summed E-state index contributed by atoms with van der Waals surface area (Å²) in [7, 11) is 1.66. The second kappa shape index (κ2) is 7.47. The molecule has 1 heterocycles. The number of likely N-dealkylation sites (tertiary alicyclic amines) is 1. The highest BCUT2D eigenvalue weighted by Gasteiger charge is 2.47. The second-order valence-corrected chi connectivity index (χ2v) is 7.29. The van der Waals surface area contributed by atoms with Gasteiger partial charge in [0, 0.05) is 32.5 Å². The Balaban J connectivity index is 1.61. The van der Waals surface area contributed by atoms with Crippen LogP contribution in [0.15, 0.2) is 30.3 Å². The summed E-state index contributed by atoms with van der Waals surface area (Å²) in [5, 5.41) is 0. The van der Waals surface area contributed by atoms with E-state index in [9.17, 15) is 9.59 Å². The van der Waals surface area contributed by atoms with E-state index in [0.717, 1.165) is 44.2 Å². The molecular weight excluding hydrogens is 302 g/mol. The number of benzene rings is 1. The lowest BCUT2D eigenvalue weighted by molar-refractivity contribution is -0.154. The molecule has 4 heteroatoms. The minimum atomic E-state index is -0.320. The van der Waals surface area contributed by atoms with Crippen molar-refractivity contribution in [1.29, 1.82) is 0 Å². The van der Waals surface area contributed by atoms with Crippen LogP contribution in [-0.4, -0.2) is 43.4 Å². The van der Waals surface area contributed by atoms with E-state index in [4.69, 9.17) is 4.74 Å². The maximum atomic E-state index is 13.0. The minimum Gasteiger partial charge on any atom is -0.384 e. The van der Waals surface area contributed by atoms with E-state index in [2.05, 4.69) is 0 Å². The summed E-state index contributed by atoms with van der Waals surface area (Å²) in [5.41, 5.74) is 0.736. The number of nitrogens with zero attached hydrogens (tertiary/aromatic N) is 1. The Morgan fingerprint density at radius 3 is 2.58 bits per heavy atom. The van der Waals surface area contributed by atoms with Gasteiger partial charge in [0.25, 0.3) is 0 Å². The molecule has 0 spiro atoms. The van der Waals surface area contributed by atoms with Gasteiger partial charge in [-0.2, -0.15) is 0 Å². The molecule has 0 unspecified atom stereocenters. The number of methoxy groups -OCH3 is 1. The molecule has 1 saturated heterocycles. The van der Waals surface area contributed by atoms with Crippen molar-refractivity contribution in [3.05, 3.63) is 35.9 Å². The van der Waals surface area contributed by atoms with Crippen molar-refractivity contribution in [2.24, 2.45) is 11.3 Å².